The Balaban J connectivity index is 0.00000658. The van der Waals surface area contributed by atoms with E-state index in [0.29, 0.717) is 104 Å². The van der Waals surface area contributed by atoms with Crippen LogP contribution in [0.5, 0.6) is 46.0 Å². The zero-order valence-corrected chi connectivity index (χ0v) is 59.8. The Bertz CT molecular complexity index is 3280. The van der Waals surface area contributed by atoms with Crippen molar-refractivity contribution in [3.05, 3.63) is 162 Å². The van der Waals surface area contributed by atoms with Crippen molar-refractivity contribution in [1.29, 1.82) is 0 Å². The summed E-state index contributed by atoms with van der Waals surface area (Å²) in [5.41, 5.74) is 5.98. The molecule has 0 saturated carbocycles. The third-order valence-electron chi connectivity index (χ3n) is 16.7. The van der Waals surface area contributed by atoms with Crippen LogP contribution < -0.4 is 85.8 Å². The van der Waals surface area contributed by atoms with Crippen LogP contribution in [-0.2, 0) is 54.2 Å². The number of rotatable bonds is 28. The van der Waals surface area contributed by atoms with Crippen LogP contribution in [0.4, 0.5) is 0 Å². The van der Waals surface area contributed by atoms with Crippen molar-refractivity contribution in [2.24, 2.45) is 0 Å². The van der Waals surface area contributed by atoms with Crippen molar-refractivity contribution in [2.45, 2.75) is 69.2 Å². The fraction of sp³-hybridized carbons (Fsp3) is 0.403. The van der Waals surface area contributed by atoms with Gasteiger partial charge in [-0.15, -0.1) is 0 Å². The maximum Gasteiger partial charge on any atom is 0.353 e. The number of hydrogen-bond donors (Lipinski definition) is 0. The van der Waals surface area contributed by atoms with Gasteiger partial charge in [-0.2, -0.15) is 0 Å². The Labute approximate surface area is 585 Å². The van der Waals surface area contributed by atoms with Gasteiger partial charge in [0.05, 0.1) is 108 Å². The van der Waals surface area contributed by atoms with Crippen LogP contribution in [0.1, 0.15) is 85.4 Å². The number of nitrogens with zero attached hydrogens (tertiary/aromatic N) is 2. The maximum absolute atomic E-state index is 14.5. The van der Waals surface area contributed by atoms with Gasteiger partial charge >= 0.3 is 23.9 Å². The largest absolute Gasteiger partial charge is 1.00 e. The summed E-state index contributed by atoms with van der Waals surface area (Å²) >= 11 is 25.4. The van der Waals surface area contributed by atoms with E-state index in [0.717, 1.165) is 33.4 Å². The van der Waals surface area contributed by atoms with E-state index in [-0.39, 0.29) is 127 Å². The summed E-state index contributed by atoms with van der Waals surface area (Å²) in [6.45, 7) is 0.993. The molecule has 0 N–H and O–H groups in total. The van der Waals surface area contributed by atoms with E-state index in [2.05, 4.69) is 0 Å². The fourth-order valence-electron chi connectivity index (χ4n) is 11.9. The summed E-state index contributed by atoms with van der Waals surface area (Å²) in [6.07, 6.45) is 0.499. The number of hydrogen-bond acceptors (Lipinski definition) is 16. The average molecular weight is 1560 g/mol. The smallest absolute Gasteiger partial charge is 0.353 e. The molecule has 0 spiro atoms. The molecule has 2 heterocycles. The van der Waals surface area contributed by atoms with Crippen LogP contribution in [0.2, 0.25) is 20.1 Å². The second kappa shape index (κ2) is 33.8. The topological polar surface area (TPSA) is 179 Å². The SMILES string of the molecule is COc1ccc(CC2c3cc(OC)c(OC)cc3CC[N+]2(C)CC(OC(=O)c2cc(Cl)cc(Cl)c2)C(=O)OCCCCCOC(=O)C(C[N+]2(C)CCc3cc(OC)c(OC)cc3C2Cc2ccc(OC)c(OC)c2)OC(=O)c2cc(Cl)cc(Cl)c2)cc1OC.[I-].[I-]. The number of quaternary nitrogens is 2. The van der Waals surface area contributed by atoms with Crippen LogP contribution in [0.15, 0.2) is 97.1 Å². The second-order valence-corrected chi connectivity index (χ2v) is 24.1. The molecule has 2 aliphatic heterocycles. The minimum Gasteiger partial charge on any atom is -1.00 e. The highest BCUT2D eigenvalue weighted by molar-refractivity contribution is 6.35. The van der Waals surface area contributed by atoms with Crippen LogP contribution >= 0.6 is 46.4 Å². The van der Waals surface area contributed by atoms with Crippen LogP contribution in [-0.4, -0.2) is 155 Å². The second-order valence-electron chi connectivity index (χ2n) is 22.4. The van der Waals surface area contributed by atoms with Gasteiger partial charge in [0.1, 0.15) is 25.2 Å². The Hall–Kier alpha value is -5.86. The molecule has 6 aromatic carbocycles. The van der Waals surface area contributed by atoms with E-state index in [1.807, 2.05) is 74.8 Å². The summed E-state index contributed by atoms with van der Waals surface area (Å²) in [5, 5.41) is 0.843. The normalized spacial score (nSPS) is 17.8. The third kappa shape index (κ3) is 18.3. The minimum absolute atomic E-state index is 0. The van der Waals surface area contributed by atoms with Gasteiger partial charge in [-0.1, -0.05) is 58.5 Å². The van der Waals surface area contributed by atoms with E-state index in [9.17, 15) is 19.2 Å². The zero-order valence-electron chi connectivity index (χ0n) is 52.4. The number of ether oxygens (including phenoxy) is 12. The van der Waals surface area contributed by atoms with Gasteiger partial charge in [-0.05, 0) is 126 Å². The predicted octanol–water partition coefficient (Wildman–Crippen LogP) is 6.36. The van der Waals surface area contributed by atoms with Crippen molar-refractivity contribution >= 4 is 70.3 Å². The molecule has 0 aliphatic carbocycles. The quantitative estimate of drug-likeness (QED) is 0.0174. The van der Waals surface area contributed by atoms with Gasteiger partial charge in [0.15, 0.2) is 46.0 Å². The molecule has 0 aromatic heterocycles. The van der Waals surface area contributed by atoms with Crippen molar-refractivity contribution in [3.8, 4) is 46.0 Å². The number of halogens is 6. The van der Waals surface area contributed by atoms with E-state index >= 15 is 0 Å². The number of benzene rings is 6. The van der Waals surface area contributed by atoms with Gasteiger partial charge in [0.25, 0.3) is 0 Å². The average Bonchev–Trinajstić information content (AvgIpc) is 0.820. The number of esters is 4. The number of carbonyl (C=O) groups excluding carboxylic acids is 4. The number of carbonyl (C=O) groups is 4. The molecule has 91 heavy (non-hydrogen) atoms. The fourth-order valence-corrected chi connectivity index (χ4v) is 13.0. The number of unbranched alkanes of at least 4 members (excludes halogenated alkanes) is 2. The first-order valence-corrected chi connectivity index (χ1v) is 30.5. The first-order valence-electron chi connectivity index (χ1n) is 29.0. The van der Waals surface area contributed by atoms with Gasteiger partial charge in [-0.25, -0.2) is 19.2 Å². The Morgan fingerprint density at radius 2 is 0.747 bits per heavy atom. The molecule has 0 amide bonds. The highest BCUT2D eigenvalue weighted by Crippen LogP contribution is 2.46. The highest BCUT2D eigenvalue weighted by Gasteiger charge is 2.47. The molecule has 8 rings (SSSR count). The maximum atomic E-state index is 14.5. The number of fused-ring (bicyclic) bond motifs is 2. The molecule has 492 valence electrons. The Morgan fingerprint density at radius 3 is 1.08 bits per heavy atom. The first-order chi connectivity index (χ1) is 42.7. The van der Waals surface area contributed by atoms with Crippen molar-refractivity contribution in [3.63, 3.8) is 0 Å². The van der Waals surface area contributed by atoms with Crippen LogP contribution in [0.25, 0.3) is 0 Å². The molecule has 18 nitrogen and oxygen atoms in total. The monoisotopic (exact) mass is 1560 g/mol. The molecule has 2 aliphatic rings. The predicted molar refractivity (Wildman–Crippen MR) is 337 cm³/mol. The molecule has 0 saturated heterocycles. The molecule has 6 unspecified atom stereocenters. The van der Waals surface area contributed by atoms with Crippen molar-refractivity contribution in [2.75, 3.05) is 110 Å². The van der Waals surface area contributed by atoms with E-state index in [4.69, 9.17) is 103 Å². The van der Waals surface area contributed by atoms with Crippen molar-refractivity contribution < 1.29 is 133 Å². The van der Waals surface area contributed by atoms with Gasteiger partial charge in [-0.3, -0.25) is 0 Å². The Morgan fingerprint density at radius 1 is 0.429 bits per heavy atom. The summed E-state index contributed by atoms with van der Waals surface area (Å²) in [5.74, 6) is 1.34. The van der Waals surface area contributed by atoms with E-state index in [1.54, 1.807) is 56.9 Å². The van der Waals surface area contributed by atoms with E-state index < -0.39 is 36.1 Å². The Kier molecular flexibility index (Phi) is 27.6. The lowest BCUT2D eigenvalue weighted by molar-refractivity contribution is -0.943. The molecular weight excluding hydrogens is 1480 g/mol. The molecule has 6 atom stereocenters. The summed E-state index contributed by atoms with van der Waals surface area (Å²) in [7, 11) is 16.7. The highest BCUT2D eigenvalue weighted by atomic mass is 127. The molecule has 0 fully saturated rings. The minimum atomic E-state index is -1.40. The number of likely N-dealkylation sites (N-methyl/N-ethyl adjacent to an activating group) is 2. The molecule has 0 bridgehead atoms. The van der Waals surface area contributed by atoms with Crippen LogP contribution in [0.3, 0.4) is 0 Å². The summed E-state index contributed by atoms with van der Waals surface area (Å²) in [6, 6.07) is 27.4. The van der Waals surface area contributed by atoms with Crippen LogP contribution in [0, 0.1) is 0 Å². The first kappa shape index (κ1) is 74.2. The molecular formula is C67H76Cl4I2N2O16. The van der Waals surface area contributed by atoms with E-state index in [1.165, 1.54) is 36.4 Å². The summed E-state index contributed by atoms with van der Waals surface area (Å²) in [4.78, 5) is 57.1. The lowest BCUT2D eigenvalue weighted by Gasteiger charge is -2.47. The van der Waals surface area contributed by atoms with Gasteiger partial charge < -0.3 is 114 Å². The van der Waals surface area contributed by atoms with Gasteiger partial charge in [0, 0.05) is 56.9 Å². The summed E-state index contributed by atoms with van der Waals surface area (Å²) < 4.78 is 70.1. The number of methoxy groups -OCH3 is 8. The van der Waals surface area contributed by atoms with Gasteiger partial charge in [0.2, 0.25) is 12.2 Å². The zero-order chi connectivity index (χ0) is 64.2. The lowest BCUT2D eigenvalue weighted by atomic mass is 9.86. The third-order valence-corrected chi connectivity index (χ3v) is 17.6. The molecule has 0 radical (unpaired) electrons. The molecule has 24 heteroatoms. The molecule has 6 aromatic rings. The lowest BCUT2D eigenvalue weighted by Crippen LogP contribution is -3.00. The van der Waals surface area contributed by atoms with Crippen molar-refractivity contribution in [1.82, 2.24) is 0 Å². The standard InChI is InChI=1S/C67H76Cl4N2O16.2HI/c1-72(20-18-42-32-58(82-7)60(84-9)36-50(42)52(72)24-40-14-16-54(78-3)56(26-40)80-5)38-62(88-64(74)44-28-46(68)34-47(69)29-44)66(76)86-22-12-11-13-23-87-67(77)63(89-65(75)45-30-48(70)35-49(71)31-45)39-73(2)21-19-43-33-59(83-8)61(85-10)37-51(43)53(73)25-41-15-17-55(79-4)57(27-41)81-6;;/h14-17,26-37,52-53,62-63H,11-13,18-25,38-39H2,1-10H3;2*1H/q+2;;/p-2.